The van der Waals surface area contributed by atoms with Crippen LogP contribution in [0.1, 0.15) is 53.9 Å². The molecule has 1 aromatic carbocycles. The summed E-state index contributed by atoms with van der Waals surface area (Å²) in [5, 5.41) is 10.2. The summed E-state index contributed by atoms with van der Waals surface area (Å²) in [6.07, 6.45) is 0.664. The van der Waals surface area contributed by atoms with Crippen LogP contribution in [0, 0.1) is 6.92 Å². The lowest BCUT2D eigenvalue weighted by Crippen LogP contribution is -1.97. The number of benzene rings is 1. The Morgan fingerprint density at radius 3 is 2.56 bits per heavy atom. The number of furan rings is 1. The molecule has 96 valence electrons. The third kappa shape index (κ3) is 1.80. The van der Waals surface area contributed by atoms with Crippen LogP contribution in [-0.2, 0) is 6.42 Å². The van der Waals surface area contributed by atoms with Crippen molar-refractivity contribution in [2.75, 3.05) is 0 Å². The van der Waals surface area contributed by atoms with E-state index in [0.29, 0.717) is 12.3 Å². The first-order valence-electron chi connectivity index (χ1n) is 6.25. The second-order valence-corrected chi connectivity index (χ2v) is 4.90. The molecule has 1 aromatic heterocycles. The summed E-state index contributed by atoms with van der Waals surface area (Å²) in [4.78, 5) is 11.2. The fraction of sp³-hybridized carbons (Fsp3) is 0.400. The van der Waals surface area contributed by atoms with Crippen LogP contribution in [0.15, 0.2) is 16.5 Å². The van der Waals surface area contributed by atoms with E-state index in [4.69, 9.17) is 4.42 Å². The van der Waals surface area contributed by atoms with E-state index in [1.54, 1.807) is 0 Å². The average molecular weight is 246 g/mol. The summed E-state index contributed by atoms with van der Waals surface area (Å²) in [5.74, 6) is -0.591. The molecule has 0 aliphatic carbocycles. The van der Waals surface area contributed by atoms with Crippen molar-refractivity contribution in [1.82, 2.24) is 0 Å². The number of rotatable bonds is 3. The van der Waals surface area contributed by atoms with Crippen LogP contribution >= 0.6 is 0 Å². The van der Waals surface area contributed by atoms with E-state index in [-0.39, 0.29) is 5.76 Å². The molecule has 18 heavy (non-hydrogen) atoms. The normalized spacial score (nSPS) is 11.4. The third-order valence-corrected chi connectivity index (χ3v) is 3.35. The number of hydrogen-bond acceptors (Lipinski definition) is 2. The predicted octanol–water partition coefficient (Wildman–Crippen LogP) is 4.13. The van der Waals surface area contributed by atoms with Crippen molar-refractivity contribution in [3.8, 4) is 0 Å². The Morgan fingerprint density at radius 2 is 2.06 bits per heavy atom. The van der Waals surface area contributed by atoms with Gasteiger partial charge in [-0.15, -0.1) is 0 Å². The first kappa shape index (κ1) is 12.7. The summed E-state index contributed by atoms with van der Waals surface area (Å²) < 4.78 is 5.63. The van der Waals surface area contributed by atoms with E-state index in [1.165, 1.54) is 0 Å². The maximum atomic E-state index is 11.2. The third-order valence-electron chi connectivity index (χ3n) is 3.35. The van der Waals surface area contributed by atoms with Crippen LogP contribution in [0.3, 0.4) is 0 Å². The van der Waals surface area contributed by atoms with Gasteiger partial charge in [0.05, 0.1) is 0 Å². The number of hydrogen-bond donors (Lipinski definition) is 1. The molecule has 2 aromatic rings. The van der Waals surface area contributed by atoms with Crippen LogP contribution in [0.25, 0.3) is 11.0 Å². The van der Waals surface area contributed by atoms with Crippen molar-refractivity contribution >= 4 is 16.9 Å². The number of aromatic carboxylic acids is 1. The molecular weight excluding hydrogens is 228 g/mol. The fourth-order valence-corrected chi connectivity index (χ4v) is 2.42. The monoisotopic (exact) mass is 246 g/mol. The Hall–Kier alpha value is -1.77. The van der Waals surface area contributed by atoms with Gasteiger partial charge in [0, 0.05) is 10.9 Å². The predicted molar refractivity (Wildman–Crippen MR) is 71.4 cm³/mol. The van der Waals surface area contributed by atoms with Gasteiger partial charge in [-0.05, 0) is 30.4 Å². The molecule has 0 aliphatic rings. The van der Waals surface area contributed by atoms with Gasteiger partial charge < -0.3 is 9.52 Å². The molecule has 1 N–H and O–H groups in total. The molecule has 0 radical (unpaired) electrons. The van der Waals surface area contributed by atoms with E-state index < -0.39 is 5.97 Å². The van der Waals surface area contributed by atoms with Crippen molar-refractivity contribution in [3.05, 3.63) is 34.6 Å². The molecule has 0 amide bonds. The molecule has 0 aliphatic heterocycles. The zero-order valence-corrected chi connectivity index (χ0v) is 11.2. The van der Waals surface area contributed by atoms with Crippen molar-refractivity contribution in [3.63, 3.8) is 0 Å². The molecule has 0 unspecified atom stereocenters. The van der Waals surface area contributed by atoms with Crippen LogP contribution < -0.4 is 0 Å². The number of carboxylic acids is 1. The largest absolute Gasteiger partial charge is 0.475 e. The molecule has 3 nitrogen and oxygen atoms in total. The minimum absolute atomic E-state index is 0.0868. The van der Waals surface area contributed by atoms with Crippen molar-refractivity contribution in [2.24, 2.45) is 0 Å². The molecule has 0 spiro atoms. The van der Waals surface area contributed by atoms with Crippen molar-refractivity contribution in [1.29, 1.82) is 0 Å². The number of fused-ring (bicyclic) bond motifs is 1. The van der Waals surface area contributed by atoms with Gasteiger partial charge >= 0.3 is 5.97 Å². The van der Waals surface area contributed by atoms with Gasteiger partial charge in [-0.1, -0.05) is 32.9 Å². The van der Waals surface area contributed by atoms with E-state index in [0.717, 1.165) is 27.7 Å². The van der Waals surface area contributed by atoms with Gasteiger partial charge in [0.1, 0.15) is 5.58 Å². The lowest BCUT2D eigenvalue weighted by molar-refractivity contribution is 0.0663. The van der Waals surface area contributed by atoms with Crippen LogP contribution in [0.2, 0.25) is 0 Å². The zero-order chi connectivity index (χ0) is 13.4. The highest BCUT2D eigenvalue weighted by Crippen LogP contribution is 2.34. The Bertz CT molecular complexity index is 606. The highest BCUT2D eigenvalue weighted by atomic mass is 16.4. The number of carboxylic acid groups (broad SMARTS) is 1. The van der Waals surface area contributed by atoms with Gasteiger partial charge in [0.15, 0.2) is 0 Å². The van der Waals surface area contributed by atoms with Gasteiger partial charge in [-0.25, -0.2) is 4.79 Å². The van der Waals surface area contributed by atoms with E-state index in [9.17, 15) is 9.90 Å². The Balaban J connectivity index is 2.90. The van der Waals surface area contributed by atoms with Crippen LogP contribution in [-0.4, -0.2) is 11.1 Å². The van der Waals surface area contributed by atoms with Gasteiger partial charge in [0.25, 0.3) is 0 Å². The molecule has 0 saturated heterocycles. The summed E-state index contributed by atoms with van der Waals surface area (Å²) >= 11 is 0. The quantitative estimate of drug-likeness (QED) is 0.886. The summed E-state index contributed by atoms with van der Waals surface area (Å²) in [5.41, 5.74) is 3.68. The summed E-state index contributed by atoms with van der Waals surface area (Å²) in [6, 6.07) is 4.06. The number of aryl methyl sites for hydroxylation is 2. The van der Waals surface area contributed by atoms with E-state index in [2.05, 4.69) is 13.8 Å². The summed E-state index contributed by atoms with van der Waals surface area (Å²) in [6.45, 7) is 8.11. The standard InChI is InChI=1S/C15H18O3/c1-5-10-12-9(4)6-7-11(8(2)3)13(12)18-14(10)15(16)17/h6-8H,5H2,1-4H3,(H,16,17). The number of carbonyl (C=O) groups is 1. The smallest absolute Gasteiger partial charge is 0.372 e. The maximum absolute atomic E-state index is 11.2. The Morgan fingerprint density at radius 1 is 1.39 bits per heavy atom. The summed E-state index contributed by atoms with van der Waals surface area (Å²) in [7, 11) is 0. The molecule has 2 rings (SSSR count). The zero-order valence-electron chi connectivity index (χ0n) is 11.2. The molecule has 3 heteroatoms. The van der Waals surface area contributed by atoms with E-state index >= 15 is 0 Å². The molecule has 0 atom stereocenters. The topological polar surface area (TPSA) is 50.4 Å². The highest BCUT2D eigenvalue weighted by molar-refractivity contribution is 5.97. The fourth-order valence-electron chi connectivity index (χ4n) is 2.42. The first-order valence-corrected chi connectivity index (χ1v) is 6.25. The molecule has 1 heterocycles. The Labute approximate surface area is 106 Å². The average Bonchev–Trinajstić information content (AvgIpc) is 2.69. The molecule has 0 saturated carbocycles. The molecule has 0 fully saturated rings. The van der Waals surface area contributed by atoms with Gasteiger partial charge in [0.2, 0.25) is 5.76 Å². The Kier molecular flexibility index (Phi) is 3.16. The minimum atomic E-state index is -0.989. The second-order valence-electron chi connectivity index (χ2n) is 4.90. The lowest BCUT2D eigenvalue weighted by atomic mass is 9.96. The van der Waals surface area contributed by atoms with Gasteiger partial charge in [-0.2, -0.15) is 0 Å². The van der Waals surface area contributed by atoms with Gasteiger partial charge in [-0.3, -0.25) is 0 Å². The SMILES string of the molecule is CCc1c(C(=O)O)oc2c(C(C)C)ccc(C)c12. The molecular formula is C15H18O3. The minimum Gasteiger partial charge on any atom is -0.475 e. The highest BCUT2D eigenvalue weighted by Gasteiger charge is 2.22. The van der Waals surface area contributed by atoms with E-state index in [1.807, 2.05) is 26.0 Å². The second kappa shape index (κ2) is 4.48. The lowest BCUT2D eigenvalue weighted by Gasteiger charge is -2.07. The first-order chi connectivity index (χ1) is 8.47. The maximum Gasteiger partial charge on any atom is 0.372 e. The van der Waals surface area contributed by atoms with Crippen molar-refractivity contribution < 1.29 is 14.3 Å². The van der Waals surface area contributed by atoms with Crippen molar-refractivity contribution in [2.45, 2.75) is 40.0 Å². The van der Waals surface area contributed by atoms with Crippen LogP contribution in [0.5, 0.6) is 0 Å². The molecule has 0 bridgehead atoms. The van der Waals surface area contributed by atoms with Crippen LogP contribution in [0.4, 0.5) is 0 Å².